The fraction of sp³-hybridized carbons (Fsp3) is 0.750. The molecule has 202 valence electrons. The first-order valence-electron chi connectivity index (χ1n) is 11.0. The molecule has 0 aliphatic rings. The zero-order valence-corrected chi connectivity index (χ0v) is 22.0. The Hall–Kier alpha value is -2.23. The zero-order valence-electron chi connectivity index (χ0n) is 20.4. The Morgan fingerprint density at radius 3 is 1.91 bits per heavy atom. The Morgan fingerprint density at radius 1 is 0.886 bits per heavy atom. The fourth-order valence-electron chi connectivity index (χ4n) is 2.85. The van der Waals surface area contributed by atoms with Crippen LogP contribution in [0.3, 0.4) is 0 Å². The number of aliphatic carboxylic acids is 1. The molecule has 5 unspecified atom stereocenters. The van der Waals surface area contributed by atoms with Crippen molar-refractivity contribution in [2.45, 2.75) is 62.9 Å². The number of amides is 3. The van der Waals surface area contributed by atoms with Gasteiger partial charge in [0.1, 0.15) is 12.1 Å². The van der Waals surface area contributed by atoms with E-state index in [4.69, 9.17) is 17.2 Å². The molecule has 0 saturated heterocycles. The van der Waals surface area contributed by atoms with Gasteiger partial charge in [0.2, 0.25) is 17.7 Å². The lowest BCUT2D eigenvalue weighted by atomic mass is 10.1. The highest BCUT2D eigenvalue weighted by molar-refractivity contribution is 7.98. The topological polar surface area (TPSA) is 235 Å². The summed E-state index contributed by atoms with van der Waals surface area (Å²) in [6.45, 7) is 1.40. The number of aliphatic hydroxyl groups is 1. The van der Waals surface area contributed by atoms with Crippen LogP contribution in [0, 0.1) is 0 Å². The average molecular weight is 538 g/mol. The third-order valence-electron chi connectivity index (χ3n) is 4.84. The first-order chi connectivity index (χ1) is 16.4. The summed E-state index contributed by atoms with van der Waals surface area (Å²) in [6.07, 6.45) is 3.48. The minimum Gasteiger partial charge on any atom is -0.480 e. The fourth-order valence-corrected chi connectivity index (χ4v) is 3.81. The van der Waals surface area contributed by atoms with Crippen LogP contribution in [0.15, 0.2) is 4.99 Å². The first kappa shape index (κ1) is 32.8. The molecular formula is C20H39N7O6S2. The monoisotopic (exact) mass is 537 g/mol. The molecule has 13 nitrogen and oxygen atoms in total. The molecule has 5 atom stereocenters. The Labute approximate surface area is 214 Å². The second-order valence-corrected chi connectivity index (χ2v) is 9.78. The van der Waals surface area contributed by atoms with E-state index in [2.05, 4.69) is 20.9 Å². The highest BCUT2D eigenvalue weighted by Gasteiger charge is 2.31. The number of hydrogen-bond donors (Lipinski definition) is 8. The summed E-state index contributed by atoms with van der Waals surface area (Å²) in [5, 5.41) is 26.4. The van der Waals surface area contributed by atoms with Crippen LogP contribution in [0.5, 0.6) is 0 Å². The molecule has 0 aromatic carbocycles. The van der Waals surface area contributed by atoms with Crippen LogP contribution in [0.4, 0.5) is 0 Å². The molecule has 35 heavy (non-hydrogen) atoms. The Bertz CT molecular complexity index is 722. The van der Waals surface area contributed by atoms with Crippen LogP contribution in [0.25, 0.3) is 0 Å². The normalized spacial score (nSPS) is 15.1. The van der Waals surface area contributed by atoms with E-state index in [1.807, 2.05) is 12.5 Å². The second-order valence-electron chi connectivity index (χ2n) is 7.81. The molecule has 3 amide bonds. The van der Waals surface area contributed by atoms with Gasteiger partial charge in [0.25, 0.3) is 0 Å². The van der Waals surface area contributed by atoms with Gasteiger partial charge in [0.15, 0.2) is 12.0 Å². The number of thioether (sulfide) groups is 2. The minimum atomic E-state index is -1.57. The molecule has 0 aliphatic carbocycles. The van der Waals surface area contributed by atoms with Crippen molar-refractivity contribution >= 4 is 53.2 Å². The van der Waals surface area contributed by atoms with E-state index < -0.39 is 54.0 Å². The quantitative estimate of drug-likeness (QED) is 0.0530. The van der Waals surface area contributed by atoms with Gasteiger partial charge in [-0.1, -0.05) is 0 Å². The van der Waals surface area contributed by atoms with Crippen molar-refractivity contribution in [2.75, 3.05) is 30.6 Å². The third-order valence-corrected chi connectivity index (χ3v) is 6.13. The van der Waals surface area contributed by atoms with Gasteiger partial charge in [-0.05, 0) is 56.6 Å². The second kappa shape index (κ2) is 18.1. The number of aliphatic imine (C=N–C) groups is 1. The van der Waals surface area contributed by atoms with E-state index in [0.717, 1.165) is 0 Å². The molecule has 0 rings (SSSR count). The summed E-state index contributed by atoms with van der Waals surface area (Å²) in [5.41, 5.74) is 16.5. The van der Waals surface area contributed by atoms with E-state index in [0.29, 0.717) is 30.8 Å². The lowest BCUT2D eigenvalue weighted by molar-refractivity contribution is -0.145. The highest BCUT2D eigenvalue weighted by Crippen LogP contribution is 2.07. The van der Waals surface area contributed by atoms with E-state index in [-0.39, 0.29) is 18.9 Å². The lowest BCUT2D eigenvalue weighted by Crippen LogP contribution is -2.58. The summed E-state index contributed by atoms with van der Waals surface area (Å²) in [7, 11) is 0. The maximum atomic E-state index is 13.0. The predicted molar refractivity (Wildman–Crippen MR) is 139 cm³/mol. The van der Waals surface area contributed by atoms with Gasteiger partial charge in [-0.25, -0.2) is 4.79 Å². The molecule has 0 fully saturated rings. The van der Waals surface area contributed by atoms with Crippen molar-refractivity contribution in [3.8, 4) is 0 Å². The first-order valence-corrected chi connectivity index (χ1v) is 13.8. The number of nitrogens with one attached hydrogen (secondary N) is 3. The highest BCUT2D eigenvalue weighted by atomic mass is 32.2. The van der Waals surface area contributed by atoms with Gasteiger partial charge in [-0.2, -0.15) is 23.5 Å². The number of nitrogens with two attached hydrogens (primary N) is 3. The predicted octanol–water partition coefficient (Wildman–Crippen LogP) is -2.21. The molecule has 15 heteroatoms. The molecule has 0 heterocycles. The van der Waals surface area contributed by atoms with Crippen LogP contribution >= 0.6 is 23.5 Å². The van der Waals surface area contributed by atoms with Crippen LogP contribution < -0.4 is 33.2 Å². The van der Waals surface area contributed by atoms with Gasteiger partial charge in [0.05, 0.1) is 12.1 Å². The van der Waals surface area contributed by atoms with Crippen molar-refractivity contribution < 1.29 is 29.4 Å². The zero-order chi connectivity index (χ0) is 27.0. The number of carbonyl (C=O) groups is 4. The molecule has 0 bridgehead atoms. The van der Waals surface area contributed by atoms with Crippen LogP contribution in [-0.4, -0.2) is 101 Å². The number of aliphatic hydroxyl groups excluding tert-OH is 1. The van der Waals surface area contributed by atoms with E-state index in [9.17, 15) is 29.4 Å². The van der Waals surface area contributed by atoms with Crippen LogP contribution in [-0.2, 0) is 19.2 Å². The van der Waals surface area contributed by atoms with E-state index in [1.165, 1.54) is 18.7 Å². The largest absolute Gasteiger partial charge is 0.480 e. The van der Waals surface area contributed by atoms with Crippen molar-refractivity contribution in [1.82, 2.24) is 16.0 Å². The molecule has 0 aliphatic heterocycles. The summed E-state index contributed by atoms with van der Waals surface area (Å²) in [5.74, 6) is -2.21. The molecule has 0 aromatic heterocycles. The third kappa shape index (κ3) is 14.0. The Kier molecular flexibility index (Phi) is 16.9. The van der Waals surface area contributed by atoms with Crippen molar-refractivity contribution in [1.29, 1.82) is 0 Å². The van der Waals surface area contributed by atoms with Crippen molar-refractivity contribution in [3.63, 3.8) is 0 Å². The number of guanidine groups is 1. The summed E-state index contributed by atoms with van der Waals surface area (Å²) >= 11 is 3.03. The molecule has 11 N–H and O–H groups in total. The van der Waals surface area contributed by atoms with Gasteiger partial charge < -0.3 is 43.4 Å². The van der Waals surface area contributed by atoms with Crippen LogP contribution in [0.1, 0.15) is 32.6 Å². The SMILES string of the molecule is CSCCC(N)C(=O)NC(CCSC)C(=O)NC(CCCN=C(N)N)C(=O)NC(C(=O)O)C(C)O. The van der Waals surface area contributed by atoms with Gasteiger partial charge in [0, 0.05) is 6.54 Å². The van der Waals surface area contributed by atoms with Gasteiger partial charge >= 0.3 is 5.97 Å². The van der Waals surface area contributed by atoms with E-state index in [1.54, 1.807) is 11.8 Å². The Balaban J connectivity index is 5.53. The lowest BCUT2D eigenvalue weighted by Gasteiger charge is -2.25. The number of hydrogen-bond acceptors (Lipinski definition) is 9. The molecule has 0 aromatic rings. The maximum Gasteiger partial charge on any atom is 0.328 e. The number of carbonyl (C=O) groups excluding carboxylic acids is 3. The average Bonchev–Trinajstić information content (AvgIpc) is 2.79. The standard InChI is InChI=1S/C20H39N7O6S2/c1-11(28)15(19(32)33)27-18(31)13(5-4-8-24-20(22)23)26-17(30)14(7-10-35-3)25-16(29)12(21)6-9-34-2/h11-15,28H,4-10,21H2,1-3H3,(H,25,29)(H,26,30)(H,27,31)(H,32,33)(H4,22,23,24). The number of rotatable bonds is 18. The molecular weight excluding hydrogens is 498 g/mol. The molecule has 0 spiro atoms. The Morgan fingerprint density at radius 2 is 1.40 bits per heavy atom. The smallest absolute Gasteiger partial charge is 0.328 e. The van der Waals surface area contributed by atoms with Crippen molar-refractivity contribution in [2.24, 2.45) is 22.2 Å². The van der Waals surface area contributed by atoms with Gasteiger partial charge in [-0.15, -0.1) is 0 Å². The van der Waals surface area contributed by atoms with E-state index >= 15 is 0 Å². The van der Waals surface area contributed by atoms with Gasteiger partial charge in [-0.3, -0.25) is 19.4 Å². The summed E-state index contributed by atoms with van der Waals surface area (Å²) in [4.78, 5) is 53.5. The summed E-state index contributed by atoms with van der Waals surface area (Å²) < 4.78 is 0. The number of carboxylic acid groups (broad SMARTS) is 1. The minimum absolute atomic E-state index is 0.0803. The van der Waals surface area contributed by atoms with Crippen LogP contribution in [0.2, 0.25) is 0 Å². The maximum absolute atomic E-state index is 13.0. The molecule has 0 radical (unpaired) electrons. The van der Waals surface area contributed by atoms with Crippen molar-refractivity contribution in [3.05, 3.63) is 0 Å². The number of nitrogens with zero attached hydrogens (tertiary/aromatic N) is 1. The number of carboxylic acids is 1. The molecule has 0 saturated carbocycles. The summed E-state index contributed by atoms with van der Waals surface area (Å²) in [6, 6.07) is -4.46.